The van der Waals surface area contributed by atoms with Gasteiger partial charge < -0.3 is 15.4 Å². The van der Waals surface area contributed by atoms with Gasteiger partial charge in [0.25, 0.3) is 0 Å². The van der Waals surface area contributed by atoms with Crippen LogP contribution in [0.5, 0.6) is 0 Å². The van der Waals surface area contributed by atoms with Crippen LogP contribution < -0.4 is 10.6 Å². The number of hydrogen-bond donors (Lipinski definition) is 2. The first-order valence-corrected chi connectivity index (χ1v) is 9.47. The van der Waals surface area contributed by atoms with Crippen LogP contribution in [0.15, 0.2) is 41.3 Å². The SMILES string of the molecule is COC(CNC(=O)C(=O)Nc1ccccc1SC)c1ccc(Cl)s1. The van der Waals surface area contributed by atoms with Gasteiger partial charge in [0, 0.05) is 23.4 Å². The van der Waals surface area contributed by atoms with Crippen LogP contribution >= 0.6 is 34.7 Å². The molecule has 2 aromatic rings. The Hall–Kier alpha value is -1.54. The highest BCUT2D eigenvalue weighted by Gasteiger charge is 2.19. The fourth-order valence-corrected chi connectivity index (χ4v) is 3.69. The summed E-state index contributed by atoms with van der Waals surface area (Å²) in [4.78, 5) is 25.8. The van der Waals surface area contributed by atoms with E-state index in [9.17, 15) is 9.59 Å². The van der Waals surface area contributed by atoms with Crippen molar-refractivity contribution in [3.05, 3.63) is 45.6 Å². The van der Waals surface area contributed by atoms with Crippen molar-refractivity contribution in [3.8, 4) is 0 Å². The molecule has 1 aromatic carbocycles. The third-order valence-electron chi connectivity index (χ3n) is 3.21. The number of rotatable bonds is 6. The van der Waals surface area contributed by atoms with Crippen LogP contribution in [-0.4, -0.2) is 31.7 Å². The molecular formula is C16H17ClN2O3S2. The van der Waals surface area contributed by atoms with Crippen LogP contribution in [0.1, 0.15) is 11.0 Å². The molecule has 1 atom stereocenters. The molecule has 1 heterocycles. The number of amides is 2. The molecule has 0 aliphatic carbocycles. The van der Waals surface area contributed by atoms with Crippen molar-refractivity contribution in [1.29, 1.82) is 0 Å². The normalized spacial score (nSPS) is 11.8. The fourth-order valence-electron chi connectivity index (χ4n) is 1.99. The second kappa shape index (κ2) is 9.08. The number of hydrogen-bond acceptors (Lipinski definition) is 5. The molecular weight excluding hydrogens is 368 g/mol. The summed E-state index contributed by atoms with van der Waals surface area (Å²) in [6.07, 6.45) is 1.55. The average molecular weight is 385 g/mol. The second-order valence-corrected chi connectivity index (χ2v) is 7.33. The number of ether oxygens (including phenoxy) is 1. The molecule has 0 spiro atoms. The minimum Gasteiger partial charge on any atom is -0.374 e. The van der Waals surface area contributed by atoms with E-state index in [1.807, 2.05) is 24.5 Å². The molecule has 0 radical (unpaired) electrons. The van der Waals surface area contributed by atoms with Crippen molar-refractivity contribution in [2.45, 2.75) is 11.0 Å². The van der Waals surface area contributed by atoms with Crippen LogP contribution in [0.4, 0.5) is 5.69 Å². The van der Waals surface area contributed by atoms with Gasteiger partial charge >= 0.3 is 11.8 Å². The summed E-state index contributed by atoms with van der Waals surface area (Å²) in [5.74, 6) is -1.42. The minimum absolute atomic E-state index is 0.184. The number of thioether (sulfide) groups is 1. The molecule has 0 fully saturated rings. The lowest BCUT2D eigenvalue weighted by atomic mass is 10.3. The number of carbonyl (C=O) groups is 2. The zero-order valence-electron chi connectivity index (χ0n) is 13.2. The molecule has 0 saturated heterocycles. The summed E-state index contributed by atoms with van der Waals surface area (Å²) in [7, 11) is 1.54. The van der Waals surface area contributed by atoms with Gasteiger partial charge in [0.15, 0.2) is 0 Å². The Kier molecular flexibility index (Phi) is 7.11. The number of carbonyl (C=O) groups excluding carboxylic acids is 2. The Balaban J connectivity index is 1.92. The van der Waals surface area contributed by atoms with Crippen molar-refractivity contribution >= 4 is 52.2 Å². The molecule has 128 valence electrons. The molecule has 0 aliphatic heterocycles. The Morgan fingerprint density at radius 3 is 2.62 bits per heavy atom. The van der Waals surface area contributed by atoms with Crippen molar-refractivity contribution in [2.75, 3.05) is 25.2 Å². The Bertz CT molecular complexity index is 721. The number of para-hydroxylation sites is 1. The van der Waals surface area contributed by atoms with E-state index in [2.05, 4.69) is 10.6 Å². The number of benzene rings is 1. The van der Waals surface area contributed by atoms with Crippen molar-refractivity contribution in [3.63, 3.8) is 0 Å². The quantitative estimate of drug-likeness (QED) is 0.590. The Morgan fingerprint density at radius 2 is 2.00 bits per heavy atom. The molecule has 2 amide bonds. The van der Waals surface area contributed by atoms with Crippen LogP contribution in [-0.2, 0) is 14.3 Å². The third kappa shape index (κ3) is 4.98. The van der Waals surface area contributed by atoms with E-state index in [4.69, 9.17) is 16.3 Å². The fraction of sp³-hybridized carbons (Fsp3) is 0.250. The van der Waals surface area contributed by atoms with Gasteiger partial charge in [-0.3, -0.25) is 9.59 Å². The van der Waals surface area contributed by atoms with Crippen molar-refractivity contribution in [2.24, 2.45) is 0 Å². The summed E-state index contributed by atoms with van der Waals surface area (Å²) in [5.41, 5.74) is 0.610. The van der Waals surface area contributed by atoms with E-state index in [1.165, 1.54) is 23.1 Å². The second-order valence-electron chi connectivity index (χ2n) is 4.73. The van der Waals surface area contributed by atoms with Gasteiger partial charge in [-0.15, -0.1) is 23.1 Å². The number of anilines is 1. The first-order chi connectivity index (χ1) is 11.5. The number of thiophene rings is 1. The van der Waals surface area contributed by atoms with Gasteiger partial charge in [-0.25, -0.2) is 0 Å². The van der Waals surface area contributed by atoms with Gasteiger partial charge in [0.05, 0.1) is 10.0 Å². The number of methoxy groups -OCH3 is 1. The highest BCUT2D eigenvalue weighted by Crippen LogP contribution is 2.28. The molecule has 8 heteroatoms. The zero-order chi connectivity index (χ0) is 17.5. The molecule has 1 unspecified atom stereocenters. The number of nitrogens with one attached hydrogen (secondary N) is 2. The Morgan fingerprint density at radius 1 is 1.25 bits per heavy atom. The van der Waals surface area contributed by atoms with E-state index in [0.29, 0.717) is 10.0 Å². The summed E-state index contributed by atoms with van der Waals surface area (Å²) >= 11 is 8.77. The maximum absolute atomic E-state index is 12.0. The summed E-state index contributed by atoms with van der Waals surface area (Å²) in [5, 5.41) is 5.20. The summed E-state index contributed by atoms with van der Waals surface area (Å²) in [6.45, 7) is 0.184. The average Bonchev–Trinajstić information content (AvgIpc) is 3.02. The van der Waals surface area contributed by atoms with E-state index < -0.39 is 11.8 Å². The summed E-state index contributed by atoms with van der Waals surface area (Å²) < 4.78 is 5.98. The first-order valence-electron chi connectivity index (χ1n) is 7.05. The molecule has 2 N–H and O–H groups in total. The predicted octanol–water partition coefficient (Wildman–Crippen LogP) is 3.57. The van der Waals surface area contributed by atoms with E-state index >= 15 is 0 Å². The monoisotopic (exact) mass is 384 g/mol. The highest BCUT2D eigenvalue weighted by molar-refractivity contribution is 7.98. The van der Waals surface area contributed by atoms with Crippen LogP contribution in [0, 0.1) is 0 Å². The topological polar surface area (TPSA) is 67.4 Å². The molecule has 0 aliphatic rings. The summed E-state index contributed by atoms with van der Waals surface area (Å²) in [6, 6.07) is 10.9. The first kappa shape index (κ1) is 18.8. The highest BCUT2D eigenvalue weighted by atomic mass is 35.5. The number of halogens is 1. The molecule has 5 nitrogen and oxygen atoms in total. The minimum atomic E-state index is -0.712. The van der Waals surface area contributed by atoms with Gasteiger partial charge in [-0.1, -0.05) is 23.7 Å². The maximum atomic E-state index is 12.0. The standard InChI is InChI=1S/C16H17ClN2O3S2/c1-22-11(13-7-8-14(17)24-13)9-18-15(20)16(21)19-10-5-3-4-6-12(10)23-2/h3-8,11H,9H2,1-2H3,(H,18,20)(H,19,21). The van der Waals surface area contributed by atoms with Crippen LogP contribution in [0.2, 0.25) is 4.34 Å². The lowest BCUT2D eigenvalue weighted by Gasteiger charge is -2.14. The Labute approximate surface area is 153 Å². The molecule has 0 saturated carbocycles. The van der Waals surface area contributed by atoms with Crippen molar-refractivity contribution < 1.29 is 14.3 Å². The van der Waals surface area contributed by atoms with Gasteiger partial charge in [-0.05, 0) is 30.5 Å². The van der Waals surface area contributed by atoms with E-state index in [1.54, 1.807) is 25.3 Å². The van der Waals surface area contributed by atoms with E-state index in [-0.39, 0.29) is 12.6 Å². The van der Waals surface area contributed by atoms with Gasteiger partial charge in [0.2, 0.25) is 0 Å². The molecule has 1 aromatic heterocycles. The molecule has 0 bridgehead atoms. The van der Waals surface area contributed by atoms with E-state index in [0.717, 1.165) is 9.77 Å². The lowest BCUT2D eigenvalue weighted by molar-refractivity contribution is -0.136. The van der Waals surface area contributed by atoms with Crippen molar-refractivity contribution in [1.82, 2.24) is 5.32 Å². The van der Waals surface area contributed by atoms with Gasteiger partial charge in [-0.2, -0.15) is 0 Å². The third-order valence-corrected chi connectivity index (χ3v) is 5.32. The molecule has 24 heavy (non-hydrogen) atoms. The zero-order valence-corrected chi connectivity index (χ0v) is 15.6. The van der Waals surface area contributed by atoms with Crippen LogP contribution in [0.3, 0.4) is 0 Å². The molecule has 2 rings (SSSR count). The smallest absolute Gasteiger partial charge is 0.313 e. The maximum Gasteiger partial charge on any atom is 0.313 e. The predicted molar refractivity (Wildman–Crippen MR) is 98.9 cm³/mol. The van der Waals surface area contributed by atoms with Gasteiger partial charge in [0.1, 0.15) is 6.10 Å². The van der Waals surface area contributed by atoms with Crippen LogP contribution in [0.25, 0.3) is 0 Å². The largest absolute Gasteiger partial charge is 0.374 e. The lowest BCUT2D eigenvalue weighted by Crippen LogP contribution is -2.37.